The summed E-state index contributed by atoms with van der Waals surface area (Å²) >= 11 is 6.02. The number of fused-ring (bicyclic) bond motifs is 1. The third-order valence-corrected chi connectivity index (χ3v) is 7.19. The maximum Gasteiger partial charge on any atom is 0.243 e. The van der Waals surface area contributed by atoms with E-state index >= 15 is 0 Å². The van der Waals surface area contributed by atoms with Gasteiger partial charge in [0, 0.05) is 35.2 Å². The van der Waals surface area contributed by atoms with Gasteiger partial charge in [0.2, 0.25) is 10.0 Å². The van der Waals surface area contributed by atoms with Crippen LogP contribution in [0.25, 0.3) is 10.9 Å². The number of rotatable bonds is 3. The number of aromatic amines is 1. The number of halogens is 1. The number of hydrogen-bond donors (Lipinski definition) is 1. The zero-order valence-corrected chi connectivity index (χ0v) is 15.4. The topological polar surface area (TPSA) is 53.2 Å². The number of benzene rings is 2. The van der Waals surface area contributed by atoms with Gasteiger partial charge in [0.15, 0.2) is 0 Å². The molecular weight excluding hydrogens is 356 g/mol. The largest absolute Gasteiger partial charge is 0.358 e. The van der Waals surface area contributed by atoms with Crippen LogP contribution in [0.3, 0.4) is 0 Å². The van der Waals surface area contributed by atoms with Crippen molar-refractivity contribution < 1.29 is 8.42 Å². The second-order valence-electron chi connectivity index (χ2n) is 6.57. The molecule has 1 aliphatic heterocycles. The summed E-state index contributed by atoms with van der Waals surface area (Å²) in [5.41, 5.74) is 2.97. The van der Waals surface area contributed by atoms with Crippen LogP contribution in [0, 0.1) is 6.92 Å². The Hall–Kier alpha value is -1.82. The molecule has 0 spiro atoms. The van der Waals surface area contributed by atoms with Crippen molar-refractivity contribution in [1.29, 1.82) is 0 Å². The summed E-state index contributed by atoms with van der Waals surface area (Å²) in [6.45, 7) is 2.85. The van der Waals surface area contributed by atoms with Crippen molar-refractivity contribution >= 4 is 32.5 Å². The molecule has 130 valence electrons. The van der Waals surface area contributed by atoms with Crippen LogP contribution < -0.4 is 0 Å². The normalized spacial score (nSPS) is 18.9. The van der Waals surface area contributed by atoms with Crippen LogP contribution in [0.1, 0.15) is 23.6 Å². The molecule has 6 heteroatoms. The summed E-state index contributed by atoms with van der Waals surface area (Å²) in [5.74, 6) is 0.190. The summed E-state index contributed by atoms with van der Waals surface area (Å²) in [6.07, 6.45) is 0.818. The first-order valence-electron chi connectivity index (χ1n) is 8.29. The highest BCUT2D eigenvalue weighted by Gasteiger charge is 2.34. The Morgan fingerprint density at radius 1 is 1.16 bits per heavy atom. The highest BCUT2D eigenvalue weighted by molar-refractivity contribution is 7.89. The third-order valence-electron chi connectivity index (χ3n) is 4.91. The second kappa shape index (κ2) is 6.16. The SMILES string of the molecule is Cc1cc(S(=O)(=O)N2CCC(c3cc4ccccc4[nH]3)C2)ccc1Cl. The summed E-state index contributed by atoms with van der Waals surface area (Å²) in [4.78, 5) is 3.74. The van der Waals surface area contributed by atoms with Crippen molar-refractivity contribution in [2.45, 2.75) is 24.2 Å². The molecule has 4 rings (SSSR count). The monoisotopic (exact) mass is 374 g/mol. The van der Waals surface area contributed by atoms with E-state index in [1.165, 1.54) is 0 Å². The molecule has 1 saturated heterocycles. The lowest BCUT2D eigenvalue weighted by molar-refractivity contribution is 0.472. The standard InChI is InChI=1S/C19H19ClN2O2S/c1-13-10-16(6-7-17(13)20)25(23,24)22-9-8-15(12-22)19-11-14-4-2-3-5-18(14)21-19/h2-7,10-11,15,21H,8-9,12H2,1H3. The van der Waals surface area contributed by atoms with Crippen LogP contribution in [0.5, 0.6) is 0 Å². The van der Waals surface area contributed by atoms with Crippen molar-refractivity contribution in [2.24, 2.45) is 0 Å². The molecule has 1 N–H and O–H groups in total. The molecular formula is C19H19ClN2O2S. The molecule has 1 fully saturated rings. The van der Waals surface area contributed by atoms with E-state index in [9.17, 15) is 8.42 Å². The average Bonchev–Trinajstić information content (AvgIpc) is 3.23. The van der Waals surface area contributed by atoms with Crippen molar-refractivity contribution in [2.75, 3.05) is 13.1 Å². The first-order chi connectivity index (χ1) is 11.9. The minimum Gasteiger partial charge on any atom is -0.358 e. The summed E-state index contributed by atoms with van der Waals surface area (Å²) < 4.78 is 27.4. The second-order valence-corrected chi connectivity index (χ2v) is 8.92. The molecule has 25 heavy (non-hydrogen) atoms. The fourth-order valence-corrected chi connectivity index (χ4v) is 5.15. The van der Waals surface area contributed by atoms with E-state index < -0.39 is 10.0 Å². The quantitative estimate of drug-likeness (QED) is 0.742. The molecule has 0 saturated carbocycles. The van der Waals surface area contributed by atoms with Crippen molar-refractivity contribution in [3.63, 3.8) is 0 Å². The molecule has 0 amide bonds. The van der Waals surface area contributed by atoms with E-state index in [4.69, 9.17) is 11.6 Å². The molecule has 2 aromatic carbocycles. The van der Waals surface area contributed by atoms with E-state index in [-0.39, 0.29) is 5.92 Å². The van der Waals surface area contributed by atoms with Crippen LogP contribution in [0.2, 0.25) is 5.02 Å². The maximum atomic E-state index is 12.9. The van der Waals surface area contributed by atoms with Crippen LogP contribution >= 0.6 is 11.6 Å². The summed E-state index contributed by atoms with van der Waals surface area (Å²) in [7, 11) is -3.49. The smallest absolute Gasteiger partial charge is 0.243 e. The lowest BCUT2D eigenvalue weighted by Gasteiger charge is -2.17. The van der Waals surface area contributed by atoms with Crippen LogP contribution in [-0.2, 0) is 10.0 Å². The molecule has 3 aromatic rings. The maximum absolute atomic E-state index is 12.9. The van der Waals surface area contributed by atoms with Crippen molar-refractivity contribution in [3.05, 3.63) is 64.8 Å². The predicted molar refractivity (Wildman–Crippen MR) is 101 cm³/mol. The Balaban J connectivity index is 1.59. The molecule has 2 heterocycles. The van der Waals surface area contributed by atoms with Gasteiger partial charge in [-0.2, -0.15) is 4.31 Å². The van der Waals surface area contributed by atoms with Crippen LogP contribution in [-0.4, -0.2) is 30.8 Å². The third kappa shape index (κ3) is 2.97. The van der Waals surface area contributed by atoms with Gasteiger partial charge in [0.1, 0.15) is 0 Å². The Bertz CT molecular complexity index is 1010. The number of para-hydroxylation sites is 1. The van der Waals surface area contributed by atoms with Gasteiger partial charge in [-0.3, -0.25) is 0 Å². The number of aryl methyl sites for hydroxylation is 1. The molecule has 1 aromatic heterocycles. The molecule has 0 aliphatic carbocycles. The Labute approximate surface area is 152 Å². The molecule has 1 unspecified atom stereocenters. The Kier molecular flexibility index (Phi) is 4.10. The number of hydrogen-bond acceptors (Lipinski definition) is 2. The van der Waals surface area contributed by atoms with Crippen molar-refractivity contribution in [1.82, 2.24) is 9.29 Å². The number of H-pyrrole nitrogens is 1. The van der Waals surface area contributed by atoms with Crippen LogP contribution in [0.15, 0.2) is 53.4 Å². The predicted octanol–water partition coefficient (Wildman–Crippen LogP) is 4.31. The fourth-order valence-electron chi connectivity index (χ4n) is 3.44. The lowest BCUT2D eigenvalue weighted by Crippen LogP contribution is -2.28. The fraction of sp³-hybridized carbons (Fsp3) is 0.263. The lowest BCUT2D eigenvalue weighted by atomic mass is 10.1. The van der Waals surface area contributed by atoms with Gasteiger partial charge in [0.05, 0.1) is 4.90 Å². The molecule has 4 nitrogen and oxygen atoms in total. The zero-order chi connectivity index (χ0) is 17.6. The Morgan fingerprint density at radius 3 is 2.72 bits per heavy atom. The average molecular weight is 375 g/mol. The summed E-state index contributed by atoms with van der Waals surface area (Å²) in [5, 5.41) is 1.74. The van der Waals surface area contributed by atoms with Gasteiger partial charge < -0.3 is 4.98 Å². The minimum absolute atomic E-state index is 0.190. The number of aromatic nitrogens is 1. The van der Waals surface area contributed by atoms with Gasteiger partial charge in [-0.25, -0.2) is 8.42 Å². The zero-order valence-electron chi connectivity index (χ0n) is 13.9. The van der Waals surface area contributed by atoms with Gasteiger partial charge in [-0.15, -0.1) is 0 Å². The van der Waals surface area contributed by atoms with Gasteiger partial charge in [-0.05, 0) is 54.6 Å². The number of nitrogens with one attached hydrogen (secondary N) is 1. The molecule has 1 aliphatic rings. The van der Waals surface area contributed by atoms with Gasteiger partial charge in [0.25, 0.3) is 0 Å². The van der Waals surface area contributed by atoms with Gasteiger partial charge >= 0.3 is 0 Å². The van der Waals surface area contributed by atoms with E-state index in [2.05, 4.69) is 17.1 Å². The van der Waals surface area contributed by atoms with E-state index in [0.717, 1.165) is 28.6 Å². The first kappa shape index (κ1) is 16.6. The number of sulfonamides is 1. The summed E-state index contributed by atoms with van der Waals surface area (Å²) in [6, 6.07) is 15.1. The Morgan fingerprint density at radius 2 is 1.96 bits per heavy atom. The minimum atomic E-state index is -3.49. The van der Waals surface area contributed by atoms with E-state index in [0.29, 0.717) is 23.0 Å². The highest BCUT2D eigenvalue weighted by Crippen LogP contribution is 2.33. The van der Waals surface area contributed by atoms with Crippen LogP contribution in [0.4, 0.5) is 0 Å². The number of nitrogens with zero attached hydrogens (tertiary/aromatic N) is 1. The first-order valence-corrected chi connectivity index (χ1v) is 10.1. The highest BCUT2D eigenvalue weighted by atomic mass is 35.5. The molecule has 1 atom stereocenters. The van der Waals surface area contributed by atoms with E-state index in [1.807, 2.05) is 25.1 Å². The molecule has 0 radical (unpaired) electrons. The van der Waals surface area contributed by atoms with Crippen molar-refractivity contribution in [3.8, 4) is 0 Å². The van der Waals surface area contributed by atoms with Gasteiger partial charge in [-0.1, -0.05) is 29.8 Å². The molecule has 0 bridgehead atoms. The van der Waals surface area contributed by atoms with E-state index in [1.54, 1.807) is 22.5 Å².